The first-order chi connectivity index (χ1) is 13.1. The smallest absolute Gasteiger partial charge is 0.204 e. The van der Waals surface area contributed by atoms with Gasteiger partial charge in [0.25, 0.3) is 0 Å². The van der Waals surface area contributed by atoms with Gasteiger partial charge in [0.05, 0.1) is 12.3 Å². The number of aromatic nitrogens is 3. The first-order valence-corrected chi connectivity index (χ1v) is 9.15. The molecule has 1 aliphatic rings. The highest BCUT2D eigenvalue weighted by Gasteiger charge is 2.22. The fraction of sp³-hybridized carbons (Fsp3) is 0.350. The number of nitrogens with one attached hydrogen (secondary N) is 1. The SMILES string of the molecule is [C-]#[N+]c1ccccc1Cn1c(=N)n(C)c2nccc(N3CCC[C@@H](N)C3)c21. The molecule has 0 bridgehead atoms. The van der Waals surface area contributed by atoms with Gasteiger partial charge in [-0.2, -0.15) is 0 Å². The van der Waals surface area contributed by atoms with Crippen molar-refractivity contribution in [3.05, 3.63) is 59.1 Å². The Balaban J connectivity index is 1.89. The van der Waals surface area contributed by atoms with Gasteiger partial charge in [-0.25, -0.2) is 9.83 Å². The third-order valence-electron chi connectivity index (χ3n) is 5.28. The van der Waals surface area contributed by atoms with Gasteiger partial charge < -0.3 is 15.2 Å². The van der Waals surface area contributed by atoms with E-state index in [0.717, 1.165) is 48.3 Å². The number of para-hydroxylation sites is 1. The van der Waals surface area contributed by atoms with Crippen LogP contribution >= 0.6 is 0 Å². The Bertz CT molecular complexity index is 1090. The van der Waals surface area contributed by atoms with Crippen molar-refractivity contribution >= 4 is 22.5 Å². The fourth-order valence-electron chi connectivity index (χ4n) is 3.89. The normalized spacial score (nSPS) is 17.2. The maximum absolute atomic E-state index is 8.62. The average molecular weight is 361 g/mol. The van der Waals surface area contributed by atoms with Crippen molar-refractivity contribution < 1.29 is 0 Å². The number of hydrogen-bond donors (Lipinski definition) is 2. The molecule has 0 amide bonds. The van der Waals surface area contributed by atoms with Crippen LogP contribution in [-0.2, 0) is 13.6 Å². The summed E-state index contributed by atoms with van der Waals surface area (Å²) in [7, 11) is 1.86. The second kappa shape index (κ2) is 6.89. The Kier molecular flexibility index (Phi) is 4.42. The van der Waals surface area contributed by atoms with Crippen LogP contribution in [0.5, 0.6) is 0 Å². The first kappa shape index (κ1) is 17.3. The predicted molar refractivity (Wildman–Crippen MR) is 106 cm³/mol. The Hall–Kier alpha value is -3.11. The molecule has 0 radical (unpaired) electrons. The number of fused-ring (bicyclic) bond motifs is 1. The highest BCUT2D eigenvalue weighted by atomic mass is 15.2. The van der Waals surface area contributed by atoms with Gasteiger partial charge in [0.2, 0.25) is 5.62 Å². The monoisotopic (exact) mass is 361 g/mol. The van der Waals surface area contributed by atoms with Gasteiger partial charge >= 0.3 is 0 Å². The number of piperidine rings is 1. The largest absolute Gasteiger partial charge is 0.368 e. The first-order valence-electron chi connectivity index (χ1n) is 9.15. The molecule has 1 aliphatic heterocycles. The summed E-state index contributed by atoms with van der Waals surface area (Å²) in [5.74, 6) is 0. The maximum Gasteiger partial charge on any atom is 0.204 e. The highest BCUT2D eigenvalue weighted by Crippen LogP contribution is 2.28. The lowest BCUT2D eigenvalue weighted by Gasteiger charge is -2.33. The molecular formula is C20H23N7. The Morgan fingerprint density at radius 3 is 2.93 bits per heavy atom. The average Bonchev–Trinajstić information content (AvgIpc) is 2.93. The fourth-order valence-corrected chi connectivity index (χ4v) is 3.89. The molecule has 1 saturated heterocycles. The van der Waals surface area contributed by atoms with Crippen molar-refractivity contribution in [2.24, 2.45) is 12.8 Å². The summed E-state index contributed by atoms with van der Waals surface area (Å²) in [5.41, 5.74) is 10.9. The number of imidazole rings is 1. The third-order valence-corrected chi connectivity index (χ3v) is 5.28. The van der Waals surface area contributed by atoms with Crippen molar-refractivity contribution in [2.45, 2.75) is 25.4 Å². The van der Waals surface area contributed by atoms with Crippen LogP contribution in [0.3, 0.4) is 0 Å². The summed E-state index contributed by atoms with van der Waals surface area (Å²) in [6.45, 7) is 9.65. The summed E-state index contributed by atoms with van der Waals surface area (Å²) in [6.07, 6.45) is 3.91. The van der Waals surface area contributed by atoms with E-state index in [9.17, 15) is 0 Å². The lowest BCUT2D eigenvalue weighted by atomic mass is 10.1. The molecule has 0 unspecified atom stereocenters. The van der Waals surface area contributed by atoms with Crippen molar-refractivity contribution in [1.29, 1.82) is 5.41 Å². The molecule has 0 spiro atoms. The number of aryl methyl sites for hydroxylation is 1. The quantitative estimate of drug-likeness (QED) is 0.703. The van der Waals surface area contributed by atoms with Crippen LogP contribution in [0.25, 0.3) is 16.0 Å². The minimum Gasteiger partial charge on any atom is -0.368 e. The summed E-state index contributed by atoms with van der Waals surface area (Å²) in [5, 5.41) is 8.62. The van der Waals surface area contributed by atoms with Gasteiger partial charge in [-0.05, 0) is 24.5 Å². The lowest BCUT2D eigenvalue weighted by Crippen LogP contribution is -2.43. The van der Waals surface area contributed by atoms with E-state index in [-0.39, 0.29) is 6.04 Å². The van der Waals surface area contributed by atoms with Gasteiger partial charge in [-0.3, -0.25) is 9.98 Å². The molecule has 7 nitrogen and oxygen atoms in total. The molecule has 2 aromatic heterocycles. The minimum absolute atomic E-state index is 0.164. The van der Waals surface area contributed by atoms with Gasteiger partial charge in [-0.1, -0.05) is 24.3 Å². The second-order valence-corrected chi connectivity index (χ2v) is 7.06. The van der Waals surface area contributed by atoms with Crippen LogP contribution in [0.1, 0.15) is 18.4 Å². The Morgan fingerprint density at radius 1 is 1.33 bits per heavy atom. The molecule has 0 aliphatic carbocycles. The van der Waals surface area contributed by atoms with Crippen LogP contribution < -0.4 is 16.3 Å². The molecule has 27 heavy (non-hydrogen) atoms. The van der Waals surface area contributed by atoms with Crippen molar-refractivity contribution in [3.63, 3.8) is 0 Å². The van der Waals surface area contributed by atoms with E-state index in [1.807, 2.05) is 41.9 Å². The molecule has 3 aromatic rings. The number of hydrogen-bond acceptors (Lipinski definition) is 4. The maximum atomic E-state index is 8.62. The molecular weight excluding hydrogens is 338 g/mol. The van der Waals surface area contributed by atoms with Gasteiger partial charge in [0, 0.05) is 38.9 Å². The van der Waals surface area contributed by atoms with Crippen LogP contribution in [0.2, 0.25) is 0 Å². The van der Waals surface area contributed by atoms with Crippen LogP contribution in [-0.4, -0.2) is 33.2 Å². The molecule has 1 aromatic carbocycles. The molecule has 1 fully saturated rings. The van der Waals surface area contributed by atoms with Crippen LogP contribution in [0, 0.1) is 12.0 Å². The molecule has 1 atom stereocenters. The summed E-state index contributed by atoms with van der Waals surface area (Å²) in [6, 6.07) is 9.75. The second-order valence-electron chi connectivity index (χ2n) is 7.06. The van der Waals surface area contributed by atoms with Gasteiger partial charge in [0.15, 0.2) is 11.3 Å². The van der Waals surface area contributed by atoms with E-state index < -0.39 is 0 Å². The Labute approximate surface area is 158 Å². The van der Waals surface area contributed by atoms with Gasteiger partial charge in [0.1, 0.15) is 5.52 Å². The van der Waals surface area contributed by atoms with E-state index in [1.54, 1.807) is 10.8 Å². The molecule has 4 rings (SSSR count). The zero-order valence-corrected chi connectivity index (χ0v) is 15.4. The predicted octanol–water partition coefficient (Wildman–Crippen LogP) is 2.38. The summed E-state index contributed by atoms with van der Waals surface area (Å²) < 4.78 is 3.74. The number of nitrogens with two attached hydrogens (primary N) is 1. The number of nitrogens with zero attached hydrogens (tertiary/aromatic N) is 5. The highest BCUT2D eigenvalue weighted by molar-refractivity contribution is 5.87. The minimum atomic E-state index is 0.164. The Morgan fingerprint density at radius 2 is 2.15 bits per heavy atom. The number of anilines is 1. The lowest BCUT2D eigenvalue weighted by molar-refractivity contribution is 0.506. The molecule has 3 N–H and O–H groups in total. The standard InChI is InChI=1S/C20H23N7/c1-23-16-8-4-3-6-14(16)12-27-18-17(26-11-5-7-15(21)13-26)9-10-24-19(18)25(2)20(27)22/h3-4,6,8-10,15,22H,5,7,11-13,21H2,2H3/t15-/m1/s1. The van der Waals surface area contributed by atoms with E-state index in [2.05, 4.69) is 14.7 Å². The summed E-state index contributed by atoms with van der Waals surface area (Å²) >= 11 is 0. The molecule has 3 heterocycles. The van der Waals surface area contributed by atoms with E-state index in [1.165, 1.54) is 0 Å². The number of benzene rings is 1. The van der Waals surface area contributed by atoms with Gasteiger partial charge in [-0.15, -0.1) is 0 Å². The summed E-state index contributed by atoms with van der Waals surface area (Å²) in [4.78, 5) is 10.5. The van der Waals surface area contributed by atoms with Crippen molar-refractivity contribution in [3.8, 4) is 0 Å². The number of rotatable bonds is 3. The van der Waals surface area contributed by atoms with E-state index >= 15 is 0 Å². The zero-order chi connectivity index (χ0) is 19.0. The van der Waals surface area contributed by atoms with Crippen LogP contribution in [0.15, 0.2) is 36.5 Å². The molecule has 0 saturated carbocycles. The van der Waals surface area contributed by atoms with Crippen molar-refractivity contribution in [1.82, 2.24) is 14.1 Å². The molecule has 7 heteroatoms. The zero-order valence-electron chi connectivity index (χ0n) is 15.4. The third kappa shape index (κ3) is 2.98. The van der Waals surface area contributed by atoms with E-state index in [0.29, 0.717) is 17.9 Å². The van der Waals surface area contributed by atoms with E-state index in [4.69, 9.17) is 17.7 Å². The van der Waals surface area contributed by atoms with Crippen LogP contribution in [0.4, 0.5) is 11.4 Å². The topological polar surface area (TPSA) is 80.2 Å². The van der Waals surface area contributed by atoms with Crippen molar-refractivity contribution in [2.75, 3.05) is 18.0 Å². The molecule has 138 valence electrons. The number of pyridine rings is 1.